The van der Waals surface area contributed by atoms with Gasteiger partial charge in [0.05, 0.1) is 24.2 Å². The van der Waals surface area contributed by atoms with Gasteiger partial charge in [-0.05, 0) is 19.2 Å². The number of nitro benzene ring substituents is 1. The molecular weight excluding hydrogens is 278 g/mol. The quantitative estimate of drug-likeness (QED) is 0.534. The summed E-state index contributed by atoms with van der Waals surface area (Å²) in [6.07, 6.45) is -0.660. The Hall–Kier alpha value is -2.03. The molecule has 116 valence electrons. The molecule has 0 saturated heterocycles. The maximum absolute atomic E-state index is 11.8. The van der Waals surface area contributed by atoms with Gasteiger partial charge in [-0.3, -0.25) is 19.8 Å². The van der Waals surface area contributed by atoms with E-state index in [1.165, 1.54) is 31.4 Å². The summed E-state index contributed by atoms with van der Waals surface area (Å²) < 4.78 is 4.80. The predicted octanol–water partition coefficient (Wildman–Crippen LogP) is 0.472. The van der Waals surface area contributed by atoms with Crippen LogP contribution in [-0.2, 0) is 9.53 Å². The highest BCUT2D eigenvalue weighted by atomic mass is 16.6. The second-order valence-electron chi connectivity index (χ2n) is 4.66. The number of aliphatic hydroxyl groups is 1. The third-order valence-electron chi connectivity index (χ3n) is 2.66. The largest absolute Gasteiger partial charge is 0.389 e. The smallest absolute Gasteiger partial charge is 0.269 e. The minimum absolute atomic E-state index is 0.0344. The molecule has 1 aromatic carbocycles. The van der Waals surface area contributed by atoms with Gasteiger partial charge >= 0.3 is 0 Å². The lowest BCUT2D eigenvalue weighted by atomic mass is 10.3. The average molecular weight is 297 g/mol. The van der Waals surface area contributed by atoms with E-state index in [0.29, 0.717) is 12.2 Å². The van der Waals surface area contributed by atoms with Crippen LogP contribution in [0.2, 0.25) is 0 Å². The van der Waals surface area contributed by atoms with Gasteiger partial charge in [0.25, 0.3) is 5.69 Å². The number of carbonyl (C=O) groups is 1. The zero-order chi connectivity index (χ0) is 15.8. The molecule has 21 heavy (non-hydrogen) atoms. The topological polar surface area (TPSA) is 105 Å². The van der Waals surface area contributed by atoms with Crippen LogP contribution in [0.4, 0.5) is 11.4 Å². The van der Waals surface area contributed by atoms with Crippen LogP contribution >= 0.6 is 0 Å². The molecule has 8 nitrogen and oxygen atoms in total. The lowest BCUT2D eigenvalue weighted by Gasteiger charge is -2.19. The Morgan fingerprint density at radius 2 is 2.10 bits per heavy atom. The Kier molecular flexibility index (Phi) is 6.73. The standard InChI is InChI=1S/C13H19N3O5/c1-15(7-12(17)9-21-2)8-13(18)14-10-3-5-11(6-4-10)16(19)20/h3-6,12,17H,7-9H2,1-2H3,(H,14,18). The number of hydrogen-bond donors (Lipinski definition) is 2. The number of amides is 1. The van der Waals surface area contributed by atoms with Crippen molar-refractivity contribution < 1.29 is 19.6 Å². The summed E-state index contributed by atoms with van der Waals surface area (Å²) in [6, 6.07) is 5.58. The molecule has 0 aliphatic rings. The van der Waals surface area contributed by atoms with E-state index in [4.69, 9.17) is 4.74 Å². The van der Waals surface area contributed by atoms with E-state index in [-0.39, 0.29) is 24.7 Å². The number of methoxy groups -OCH3 is 1. The molecule has 0 radical (unpaired) electrons. The van der Waals surface area contributed by atoms with Crippen LogP contribution in [0, 0.1) is 10.1 Å². The van der Waals surface area contributed by atoms with Gasteiger partial charge < -0.3 is 15.2 Å². The van der Waals surface area contributed by atoms with E-state index in [0.717, 1.165) is 0 Å². The van der Waals surface area contributed by atoms with Crippen molar-refractivity contribution in [2.45, 2.75) is 6.10 Å². The first-order valence-electron chi connectivity index (χ1n) is 6.32. The molecule has 0 aromatic heterocycles. The fraction of sp³-hybridized carbons (Fsp3) is 0.462. The highest BCUT2D eigenvalue weighted by molar-refractivity contribution is 5.92. The monoisotopic (exact) mass is 297 g/mol. The summed E-state index contributed by atoms with van der Waals surface area (Å²) in [6.45, 7) is 0.605. The summed E-state index contributed by atoms with van der Waals surface area (Å²) in [7, 11) is 3.19. The molecule has 1 amide bonds. The number of carbonyl (C=O) groups excluding carboxylic acids is 1. The van der Waals surface area contributed by atoms with Gasteiger partial charge in [0.1, 0.15) is 0 Å². The Morgan fingerprint density at radius 1 is 1.48 bits per heavy atom. The highest BCUT2D eigenvalue weighted by Crippen LogP contribution is 2.15. The molecule has 1 atom stereocenters. The van der Waals surface area contributed by atoms with Crippen LogP contribution in [0.5, 0.6) is 0 Å². The molecule has 0 fully saturated rings. The molecule has 0 aliphatic carbocycles. The first kappa shape index (κ1) is 17.0. The van der Waals surface area contributed by atoms with Gasteiger partial charge in [-0.1, -0.05) is 0 Å². The second kappa shape index (κ2) is 8.30. The summed E-state index contributed by atoms with van der Waals surface area (Å²) in [4.78, 5) is 23.4. The van der Waals surface area contributed by atoms with Gasteiger partial charge in [0.15, 0.2) is 0 Å². The van der Waals surface area contributed by atoms with Crippen molar-refractivity contribution in [3.63, 3.8) is 0 Å². The number of rotatable bonds is 8. The minimum Gasteiger partial charge on any atom is -0.389 e. The predicted molar refractivity (Wildman–Crippen MR) is 77.1 cm³/mol. The number of hydrogen-bond acceptors (Lipinski definition) is 6. The van der Waals surface area contributed by atoms with Crippen molar-refractivity contribution >= 4 is 17.3 Å². The Labute approximate surface area is 122 Å². The number of nitro groups is 1. The maximum atomic E-state index is 11.8. The molecule has 0 saturated carbocycles. The number of likely N-dealkylation sites (N-methyl/N-ethyl adjacent to an activating group) is 1. The SMILES string of the molecule is COCC(O)CN(C)CC(=O)Nc1ccc([N+](=O)[O-])cc1. The van der Waals surface area contributed by atoms with Crippen LogP contribution in [0.1, 0.15) is 0 Å². The first-order valence-corrected chi connectivity index (χ1v) is 6.32. The van der Waals surface area contributed by atoms with Gasteiger partial charge in [-0.25, -0.2) is 0 Å². The van der Waals surface area contributed by atoms with E-state index in [1.54, 1.807) is 11.9 Å². The second-order valence-corrected chi connectivity index (χ2v) is 4.66. The number of ether oxygens (including phenoxy) is 1. The lowest BCUT2D eigenvalue weighted by Crippen LogP contribution is -2.37. The number of aliphatic hydroxyl groups excluding tert-OH is 1. The Balaban J connectivity index is 2.44. The van der Waals surface area contributed by atoms with E-state index in [2.05, 4.69) is 5.32 Å². The molecule has 0 heterocycles. The van der Waals surface area contributed by atoms with Crippen LogP contribution < -0.4 is 5.32 Å². The Morgan fingerprint density at radius 3 is 2.62 bits per heavy atom. The molecular formula is C13H19N3O5. The third kappa shape index (κ3) is 6.30. The van der Waals surface area contributed by atoms with Gasteiger partial charge in [-0.15, -0.1) is 0 Å². The number of anilines is 1. The summed E-state index contributed by atoms with van der Waals surface area (Å²) in [5, 5.41) is 22.7. The van der Waals surface area contributed by atoms with E-state index >= 15 is 0 Å². The number of nitrogens with one attached hydrogen (secondary N) is 1. The number of nitrogens with zero attached hydrogens (tertiary/aromatic N) is 2. The minimum atomic E-state index is -0.660. The molecule has 2 N–H and O–H groups in total. The van der Waals surface area contributed by atoms with Crippen LogP contribution in [0.15, 0.2) is 24.3 Å². The Bertz CT molecular complexity index is 477. The van der Waals surface area contributed by atoms with Gasteiger partial charge in [0, 0.05) is 31.5 Å². The zero-order valence-electron chi connectivity index (χ0n) is 12.0. The summed E-state index contributed by atoms with van der Waals surface area (Å²) >= 11 is 0. The van der Waals surface area contributed by atoms with E-state index < -0.39 is 11.0 Å². The third-order valence-corrected chi connectivity index (χ3v) is 2.66. The average Bonchev–Trinajstić information content (AvgIpc) is 2.38. The van der Waals surface area contributed by atoms with Crippen LogP contribution in [0.25, 0.3) is 0 Å². The lowest BCUT2D eigenvalue weighted by molar-refractivity contribution is -0.384. The van der Waals surface area contributed by atoms with Crippen molar-refractivity contribution in [2.75, 3.05) is 39.2 Å². The molecule has 8 heteroatoms. The zero-order valence-corrected chi connectivity index (χ0v) is 12.0. The molecule has 1 rings (SSSR count). The van der Waals surface area contributed by atoms with Crippen LogP contribution in [-0.4, -0.2) is 60.8 Å². The van der Waals surface area contributed by atoms with Crippen molar-refractivity contribution in [3.8, 4) is 0 Å². The molecule has 0 bridgehead atoms. The normalized spacial score (nSPS) is 12.2. The summed E-state index contributed by atoms with van der Waals surface area (Å²) in [5.74, 6) is -0.268. The highest BCUT2D eigenvalue weighted by Gasteiger charge is 2.12. The molecule has 0 aliphatic heterocycles. The van der Waals surface area contributed by atoms with Crippen molar-refractivity contribution in [1.29, 1.82) is 0 Å². The number of benzene rings is 1. The van der Waals surface area contributed by atoms with E-state index in [1.807, 2.05) is 0 Å². The van der Waals surface area contributed by atoms with Crippen LogP contribution in [0.3, 0.4) is 0 Å². The van der Waals surface area contributed by atoms with Gasteiger partial charge in [0.2, 0.25) is 5.91 Å². The fourth-order valence-electron chi connectivity index (χ4n) is 1.78. The number of non-ortho nitro benzene ring substituents is 1. The molecule has 1 aromatic rings. The summed E-state index contributed by atoms with van der Waals surface area (Å²) in [5.41, 5.74) is 0.448. The molecule has 1 unspecified atom stereocenters. The first-order chi connectivity index (χ1) is 9.92. The van der Waals surface area contributed by atoms with Crippen molar-refractivity contribution in [3.05, 3.63) is 34.4 Å². The van der Waals surface area contributed by atoms with E-state index in [9.17, 15) is 20.0 Å². The maximum Gasteiger partial charge on any atom is 0.269 e. The van der Waals surface area contributed by atoms with Crippen molar-refractivity contribution in [2.24, 2.45) is 0 Å². The molecule has 0 spiro atoms. The fourth-order valence-corrected chi connectivity index (χ4v) is 1.78. The van der Waals surface area contributed by atoms with Crippen molar-refractivity contribution in [1.82, 2.24) is 4.90 Å². The van der Waals surface area contributed by atoms with Gasteiger partial charge in [-0.2, -0.15) is 0 Å².